The Hall–Kier alpha value is -1.06. The minimum atomic E-state index is -0.826. The molecule has 15 heavy (non-hydrogen) atoms. The van der Waals surface area contributed by atoms with Gasteiger partial charge in [0.1, 0.15) is 11.4 Å². The maximum Gasteiger partial charge on any atom is 0.119 e. The van der Waals surface area contributed by atoms with Gasteiger partial charge in [-0.15, -0.1) is 0 Å². The highest BCUT2D eigenvalue weighted by Gasteiger charge is 2.34. The molecule has 1 fully saturated rings. The zero-order valence-electron chi connectivity index (χ0n) is 8.90. The molecule has 0 amide bonds. The molecule has 3 heteroatoms. The van der Waals surface area contributed by atoms with Crippen LogP contribution in [0.4, 0.5) is 0 Å². The minimum Gasteiger partial charge on any atom is -0.494 e. The summed E-state index contributed by atoms with van der Waals surface area (Å²) in [5.41, 5.74) is 0.0542. The van der Waals surface area contributed by atoms with Crippen LogP contribution >= 0.6 is 0 Å². The van der Waals surface area contributed by atoms with Crippen LogP contribution in [0.1, 0.15) is 18.9 Å². The Kier molecular flexibility index (Phi) is 2.93. The van der Waals surface area contributed by atoms with E-state index in [2.05, 4.69) is 0 Å². The van der Waals surface area contributed by atoms with Gasteiger partial charge in [-0.25, -0.2) is 0 Å². The lowest BCUT2D eigenvalue weighted by atomic mass is 9.93. The molecule has 1 aliphatic rings. The SMILES string of the molecule is CCOc1cccc(C2(O)CCOC2)c1. The van der Waals surface area contributed by atoms with Gasteiger partial charge in [-0.05, 0) is 24.6 Å². The summed E-state index contributed by atoms with van der Waals surface area (Å²) in [5, 5.41) is 10.3. The van der Waals surface area contributed by atoms with E-state index in [-0.39, 0.29) is 0 Å². The summed E-state index contributed by atoms with van der Waals surface area (Å²) < 4.78 is 10.6. The Morgan fingerprint density at radius 3 is 3.07 bits per heavy atom. The quantitative estimate of drug-likeness (QED) is 0.821. The second kappa shape index (κ2) is 4.21. The molecule has 1 saturated heterocycles. The van der Waals surface area contributed by atoms with Crippen LogP contribution in [0.5, 0.6) is 5.75 Å². The Bertz CT molecular complexity index is 329. The van der Waals surface area contributed by atoms with E-state index in [4.69, 9.17) is 9.47 Å². The number of rotatable bonds is 3. The summed E-state index contributed by atoms with van der Waals surface area (Å²) in [7, 11) is 0. The van der Waals surface area contributed by atoms with Gasteiger partial charge >= 0.3 is 0 Å². The Labute approximate surface area is 89.6 Å². The van der Waals surface area contributed by atoms with Gasteiger partial charge in [-0.1, -0.05) is 12.1 Å². The van der Waals surface area contributed by atoms with E-state index in [0.717, 1.165) is 11.3 Å². The molecule has 1 atom stereocenters. The molecule has 2 rings (SSSR count). The molecule has 0 saturated carbocycles. The van der Waals surface area contributed by atoms with Crippen LogP contribution in [0.25, 0.3) is 0 Å². The van der Waals surface area contributed by atoms with Crippen molar-refractivity contribution >= 4 is 0 Å². The molecule has 0 radical (unpaired) electrons. The average Bonchev–Trinajstić information content (AvgIpc) is 2.68. The molecule has 1 N–H and O–H groups in total. The van der Waals surface area contributed by atoms with Crippen molar-refractivity contribution in [2.24, 2.45) is 0 Å². The number of benzene rings is 1. The number of ether oxygens (including phenoxy) is 2. The van der Waals surface area contributed by atoms with Gasteiger partial charge in [0.25, 0.3) is 0 Å². The van der Waals surface area contributed by atoms with E-state index >= 15 is 0 Å². The van der Waals surface area contributed by atoms with Crippen molar-refractivity contribution in [2.75, 3.05) is 19.8 Å². The molecule has 3 nitrogen and oxygen atoms in total. The van der Waals surface area contributed by atoms with Gasteiger partial charge in [-0.3, -0.25) is 0 Å². The van der Waals surface area contributed by atoms with Crippen LogP contribution < -0.4 is 4.74 Å². The van der Waals surface area contributed by atoms with Crippen molar-refractivity contribution in [2.45, 2.75) is 18.9 Å². The maximum absolute atomic E-state index is 10.3. The fourth-order valence-electron chi connectivity index (χ4n) is 1.82. The Morgan fingerprint density at radius 1 is 1.53 bits per heavy atom. The third-order valence-electron chi connectivity index (χ3n) is 2.68. The molecular weight excluding hydrogens is 192 g/mol. The number of aliphatic hydroxyl groups is 1. The predicted molar refractivity (Wildman–Crippen MR) is 56.9 cm³/mol. The van der Waals surface area contributed by atoms with Crippen LogP contribution in [0, 0.1) is 0 Å². The summed E-state index contributed by atoms with van der Waals surface area (Å²) in [6.45, 7) is 3.58. The van der Waals surface area contributed by atoms with Crippen LogP contribution in [-0.2, 0) is 10.3 Å². The van der Waals surface area contributed by atoms with Gasteiger partial charge < -0.3 is 14.6 Å². The molecule has 1 aromatic carbocycles. The van der Waals surface area contributed by atoms with Gasteiger partial charge in [0.15, 0.2) is 0 Å². The lowest BCUT2D eigenvalue weighted by molar-refractivity contribution is 0.0230. The van der Waals surface area contributed by atoms with Crippen LogP contribution in [0.15, 0.2) is 24.3 Å². The largest absolute Gasteiger partial charge is 0.494 e. The van der Waals surface area contributed by atoms with E-state index in [1.165, 1.54) is 0 Å². The van der Waals surface area contributed by atoms with E-state index in [1.54, 1.807) is 0 Å². The highest BCUT2D eigenvalue weighted by atomic mass is 16.5. The van der Waals surface area contributed by atoms with Crippen molar-refractivity contribution in [3.63, 3.8) is 0 Å². The third-order valence-corrected chi connectivity index (χ3v) is 2.68. The second-order valence-corrected chi connectivity index (χ2v) is 3.80. The molecule has 0 bridgehead atoms. The Balaban J connectivity index is 2.23. The van der Waals surface area contributed by atoms with Crippen molar-refractivity contribution in [3.8, 4) is 5.75 Å². The molecule has 0 aliphatic carbocycles. The molecule has 1 unspecified atom stereocenters. The van der Waals surface area contributed by atoms with E-state index in [1.807, 2.05) is 31.2 Å². The van der Waals surface area contributed by atoms with Crippen molar-refractivity contribution < 1.29 is 14.6 Å². The Morgan fingerprint density at radius 2 is 2.40 bits per heavy atom. The average molecular weight is 208 g/mol. The van der Waals surface area contributed by atoms with Crippen LogP contribution in [0.3, 0.4) is 0 Å². The minimum absolute atomic E-state index is 0.378. The van der Waals surface area contributed by atoms with Gasteiger partial charge in [0, 0.05) is 13.0 Å². The number of hydrogen-bond acceptors (Lipinski definition) is 3. The standard InChI is InChI=1S/C12H16O3/c1-2-15-11-5-3-4-10(8-11)12(13)6-7-14-9-12/h3-5,8,13H,2,6-7,9H2,1H3. The van der Waals surface area contributed by atoms with Crippen molar-refractivity contribution in [3.05, 3.63) is 29.8 Å². The summed E-state index contributed by atoms with van der Waals surface area (Å²) in [6, 6.07) is 7.60. The smallest absolute Gasteiger partial charge is 0.119 e. The molecule has 82 valence electrons. The topological polar surface area (TPSA) is 38.7 Å². The first-order chi connectivity index (χ1) is 7.24. The first-order valence-electron chi connectivity index (χ1n) is 5.28. The molecule has 1 aromatic rings. The maximum atomic E-state index is 10.3. The molecule has 1 aliphatic heterocycles. The summed E-state index contributed by atoms with van der Waals surface area (Å²) in [6.07, 6.45) is 0.655. The highest BCUT2D eigenvalue weighted by Crippen LogP contribution is 2.31. The fourth-order valence-corrected chi connectivity index (χ4v) is 1.82. The van der Waals surface area contributed by atoms with E-state index < -0.39 is 5.60 Å². The van der Waals surface area contributed by atoms with Gasteiger partial charge in [-0.2, -0.15) is 0 Å². The van der Waals surface area contributed by atoms with E-state index in [9.17, 15) is 5.11 Å². The third kappa shape index (κ3) is 2.13. The highest BCUT2D eigenvalue weighted by molar-refractivity contribution is 5.32. The molecule has 0 aromatic heterocycles. The lowest BCUT2D eigenvalue weighted by Gasteiger charge is -2.21. The molecule has 0 spiro atoms. The number of hydrogen-bond donors (Lipinski definition) is 1. The zero-order chi connectivity index (χ0) is 10.7. The summed E-state index contributed by atoms with van der Waals surface area (Å²) in [5.74, 6) is 0.801. The molecule has 1 heterocycles. The lowest BCUT2D eigenvalue weighted by Crippen LogP contribution is -2.25. The fraction of sp³-hybridized carbons (Fsp3) is 0.500. The van der Waals surface area contributed by atoms with Crippen molar-refractivity contribution in [1.82, 2.24) is 0 Å². The van der Waals surface area contributed by atoms with E-state index in [0.29, 0.717) is 26.2 Å². The summed E-state index contributed by atoms with van der Waals surface area (Å²) >= 11 is 0. The first kappa shape index (κ1) is 10.5. The van der Waals surface area contributed by atoms with Gasteiger partial charge in [0.05, 0.1) is 13.2 Å². The zero-order valence-corrected chi connectivity index (χ0v) is 8.90. The molecular formula is C12H16O3. The summed E-state index contributed by atoms with van der Waals surface area (Å²) in [4.78, 5) is 0. The second-order valence-electron chi connectivity index (χ2n) is 3.80. The van der Waals surface area contributed by atoms with Crippen LogP contribution in [-0.4, -0.2) is 24.9 Å². The first-order valence-corrected chi connectivity index (χ1v) is 5.28. The predicted octanol–water partition coefficient (Wildman–Crippen LogP) is 1.69. The van der Waals surface area contributed by atoms with Gasteiger partial charge in [0.2, 0.25) is 0 Å². The van der Waals surface area contributed by atoms with Crippen LogP contribution in [0.2, 0.25) is 0 Å². The normalized spacial score (nSPS) is 25.5. The monoisotopic (exact) mass is 208 g/mol. The van der Waals surface area contributed by atoms with Crippen molar-refractivity contribution in [1.29, 1.82) is 0 Å².